The molecule has 0 unspecified atom stereocenters. The first-order chi connectivity index (χ1) is 16.5. The maximum atomic E-state index is 13.0. The fraction of sp³-hybridized carbons (Fsp3) is 0.185. The molecule has 3 aromatic carbocycles. The molecule has 0 radical (unpaired) electrons. The van der Waals surface area contributed by atoms with Crippen molar-refractivity contribution in [2.75, 3.05) is 33.3 Å². The number of amides is 1. The van der Waals surface area contributed by atoms with Crippen LogP contribution in [0.25, 0.3) is 22.2 Å². The third kappa shape index (κ3) is 4.88. The normalized spacial score (nSPS) is 10.6. The zero-order valence-corrected chi connectivity index (χ0v) is 19.5. The highest BCUT2D eigenvalue weighted by Crippen LogP contribution is 2.32. The summed E-state index contributed by atoms with van der Waals surface area (Å²) in [6, 6.07) is 20.1. The molecule has 0 aliphatic carbocycles. The van der Waals surface area contributed by atoms with Crippen LogP contribution in [0.3, 0.4) is 0 Å². The molecule has 174 valence electrons. The van der Waals surface area contributed by atoms with Crippen LogP contribution in [-0.2, 0) is 0 Å². The van der Waals surface area contributed by atoms with E-state index in [0.29, 0.717) is 35.1 Å². The highest BCUT2D eigenvalue weighted by molar-refractivity contribution is 6.07. The largest absolute Gasteiger partial charge is 0.497 e. The molecule has 0 saturated carbocycles. The number of aromatic nitrogens is 1. The minimum atomic E-state index is -0.267. The smallest absolute Gasteiger partial charge is 0.255 e. The molecule has 0 aliphatic rings. The monoisotopic (exact) mass is 458 g/mol. The van der Waals surface area contributed by atoms with Crippen LogP contribution in [0.1, 0.15) is 17.3 Å². The number of hydrogen-bond acceptors (Lipinski definition) is 6. The summed E-state index contributed by atoms with van der Waals surface area (Å²) in [5.41, 5.74) is 3.44. The van der Waals surface area contributed by atoms with E-state index in [1.165, 1.54) is 0 Å². The van der Waals surface area contributed by atoms with E-state index in [-0.39, 0.29) is 5.91 Å². The van der Waals surface area contributed by atoms with Gasteiger partial charge in [-0.25, -0.2) is 4.98 Å². The van der Waals surface area contributed by atoms with Crippen LogP contribution < -0.4 is 24.3 Å². The molecule has 0 fully saturated rings. The molecule has 0 bridgehead atoms. The Morgan fingerprint density at radius 1 is 0.853 bits per heavy atom. The Balaban J connectivity index is 1.70. The zero-order chi connectivity index (χ0) is 24.1. The highest BCUT2D eigenvalue weighted by atomic mass is 16.5. The fourth-order valence-corrected chi connectivity index (χ4v) is 3.62. The van der Waals surface area contributed by atoms with Crippen LogP contribution in [0.4, 0.5) is 5.69 Å². The number of ether oxygens (including phenoxy) is 4. The predicted molar refractivity (Wildman–Crippen MR) is 132 cm³/mol. The van der Waals surface area contributed by atoms with Crippen molar-refractivity contribution in [3.63, 3.8) is 0 Å². The van der Waals surface area contributed by atoms with Crippen molar-refractivity contribution < 1.29 is 23.7 Å². The lowest BCUT2D eigenvalue weighted by molar-refractivity contribution is 0.102. The lowest BCUT2D eigenvalue weighted by Gasteiger charge is -2.13. The summed E-state index contributed by atoms with van der Waals surface area (Å²) >= 11 is 0. The summed E-state index contributed by atoms with van der Waals surface area (Å²) in [5, 5.41) is 3.65. The van der Waals surface area contributed by atoms with E-state index in [1.807, 2.05) is 43.3 Å². The first-order valence-corrected chi connectivity index (χ1v) is 10.8. The second-order valence-electron chi connectivity index (χ2n) is 7.46. The highest BCUT2D eigenvalue weighted by Gasteiger charge is 2.14. The number of rotatable bonds is 8. The van der Waals surface area contributed by atoms with Crippen LogP contribution in [0.5, 0.6) is 23.0 Å². The molecule has 1 heterocycles. The van der Waals surface area contributed by atoms with Crippen molar-refractivity contribution in [3.05, 3.63) is 72.3 Å². The molecule has 0 saturated heterocycles. The van der Waals surface area contributed by atoms with Gasteiger partial charge >= 0.3 is 0 Å². The van der Waals surface area contributed by atoms with Crippen LogP contribution in [0, 0.1) is 0 Å². The van der Waals surface area contributed by atoms with Crippen molar-refractivity contribution >= 4 is 22.5 Å². The first-order valence-electron chi connectivity index (χ1n) is 10.8. The average Bonchev–Trinajstić information content (AvgIpc) is 2.88. The summed E-state index contributed by atoms with van der Waals surface area (Å²) in [5.74, 6) is 2.31. The van der Waals surface area contributed by atoms with E-state index in [0.717, 1.165) is 27.9 Å². The molecule has 0 atom stereocenters. The maximum absolute atomic E-state index is 13.0. The third-order valence-corrected chi connectivity index (χ3v) is 5.31. The molecule has 34 heavy (non-hydrogen) atoms. The van der Waals surface area contributed by atoms with Gasteiger partial charge in [-0.3, -0.25) is 4.79 Å². The number of hydrogen-bond donors (Lipinski definition) is 1. The third-order valence-electron chi connectivity index (χ3n) is 5.31. The number of nitrogens with zero attached hydrogens (tertiary/aromatic N) is 1. The Morgan fingerprint density at radius 3 is 2.26 bits per heavy atom. The van der Waals surface area contributed by atoms with Gasteiger partial charge < -0.3 is 24.3 Å². The summed E-state index contributed by atoms with van der Waals surface area (Å²) in [7, 11) is 4.75. The van der Waals surface area contributed by atoms with Crippen LogP contribution in [0.15, 0.2) is 66.7 Å². The Morgan fingerprint density at radius 2 is 1.59 bits per heavy atom. The number of carbonyl (C=O) groups is 1. The number of benzene rings is 3. The second kappa shape index (κ2) is 10.1. The molecule has 0 spiro atoms. The summed E-state index contributed by atoms with van der Waals surface area (Å²) < 4.78 is 21.8. The fourth-order valence-electron chi connectivity index (χ4n) is 3.62. The Kier molecular flexibility index (Phi) is 6.82. The first kappa shape index (κ1) is 22.9. The lowest BCUT2D eigenvalue weighted by atomic mass is 10.1. The van der Waals surface area contributed by atoms with Crippen molar-refractivity contribution in [3.8, 4) is 34.3 Å². The van der Waals surface area contributed by atoms with E-state index >= 15 is 0 Å². The SMILES string of the molecule is CCOc1cc(-c2cccc(OC)c2)nc2ccc(C(=O)Nc3cc(OC)cc(OC)c3)cc12. The standard InChI is InChI=1S/C27H26N2O5/c1-5-34-26-16-25(17-7-6-8-20(11-17)31-2)29-24-10-9-18(12-23(24)26)27(30)28-19-13-21(32-3)15-22(14-19)33-4/h6-16H,5H2,1-4H3,(H,28,30). The van der Waals surface area contributed by atoms with Gasteiger partial charge in [0.2, 0.25) is 0 Å². The van der Waals surface area contributed by atoms with Gasteiger partial charge in [0, 0.05) is 46.5 Å². The number of carbonyl (C=O) groups excluding carboxylic acids is 1. The van der Waals surface area contributed by atoms with Gasteiger partial charge in [0.1, 0.15) is 23.0 Å². The van der Waals surface area contributed by atoms with E-state index < -0.39 is 0 Å². The lowest BCUT2D eigenvalue weighted by Crippen LogP contribution is -2.12. The van der Waals surface area contributed by atoms with E-state index in [2.05, 4.69) is 5.32 Å². The number of fused-ring (bicyclic) bond motifs is 1. The molecule has 7 nitrogen and oxygen atoms in total. The van der Waals surface area contributed by atoms with Gasteiger partial charge in [-0.15, -0.1) is 0 Å². The second-order valence-corrected chi connectivity index (χ2v) is 7.46. The van der Waals surface area contributed by atoms with Gasteiger partial charge in [0.25, 0.3) is 5.91 Å². The maximum Gasteiger partial charge on any atom is 0.255 e. The molecule has 4 aromatic rings. The molecule has 7 heteroatoms. The van der Waals surface area contributed by atoms with Crippen LogP contribution >= 0.6 is 0 Å². The van der Waals surface area contributed by atoms with Gasteiger partial charge in [0.15, 0.2) is 0 Å². The van der Waals surface area contributed by atoms with E-state index in [9.17, 15) is 4.79 Å². The quantitative estimate of drug-likeness (QED) is 0.371. The van der Waals surface area contributed by atoms with E-state index in [4.69, 9.17) is 23.9 Å². The van der Waals surface area contributed by atoms with Crippen molar-refractivity contribution in [2.45, 2.75) is 6.92 Å². The van der Waals surface area contributed by atoms with Crippen molar-refractivity contribution in [2.24, 2.45) is 0 Å². The van der Waals surface area contributed by atoms with Crippen LogP contribution in [-0.4, -0.2) is 38.8 Å². The number of methoxy groups -OCH3 is 3. The zero-order valence-electron chi connectivity index (χ0n) is 19.5. The molecule has 1 amide bonds. The Hall–Kier alpha value is -4.26. The Labute approximate surface area is 198 Å². The van der Waals surface area contributed by atoms with Gasteiger partial charge in [0.05, 0.1) is 39.1 Å². The summed E-state index contributed by atoms with van der Waals surface area (Å²) in [4.78, 5) is 17.8. The average molecular weight is 459 g/mol. The van der Waals surface area contributed by atoms with Gasteiger partial charge in [-0.05, 0) is 37.3 Å². The molecular weight excluding hydrogens is 432 g/mol. The van der Waals surface area contributed by atoms with E-state index in [1.54, 1.807) is 51.7 Å². The molecule has 4 rings (SSSR count). The molecular formula is C27H26N2O5. The van der Waals surface area contributed by atoms with Crippen molar-refractivity contribution in [1.82, 2.24) is 4.98 Å². The van der Waals surface area contributed by atoms with Crippen molar-refractivity contribution in [1.29, 1.82) is 0 Å². The minimum absolute atomic E-state index is 0.267. The Bertz CT molecular complexity index is 1310. The van der Waals surface area contributed by atoms with Crippen LogP contribution in [0.2, 0.25) is 0 Å². The van der Waals surface area contributed by atoms with Gasteiger partial charge in [-0.2, -0.15) is 0 Å². The number of nitrogens with one attached hydrogen (secondary N) is 1. The van der Waals surface area contributed by atoms with Gasteiger partial charge in [-0.1, -0.05) is 12.1 Å². The summed E-state index contributed by atoms with van der Waals surface area (Å²) in [6.45, 7) is 2.40. The topological polar surface area (TPSA) is 78.9 Å². The molecule has 1 aromatic heterocycles. The predicted octanol–water partition coefficient (Wildman–Crippen LogP) is 5.58. The molecule has 0 aliphatic heterocycles. The number of pyridine rings is 1. The number of anilines is 1. The molecule has 1 N–H and O–H groups in total. The minimum Gasteiger partial charge on any atom is -0.497 e. The summed E-state index contributed by atoms with van der Waals surface area (Å²) in [6.07, 6.45) is 0.